The van der Waals surface area contributed by atoms with E-state index in [2.05, 4.69) is 139 Å². The largest absolute Gasteiger partial charge is 0.417 e. The van der Waals surface area contributed by atoms with Crippen LogP contribution in [0.3, 0.4) is 0 Å². The second kappa shape index (κ2) is 8.64. The van der Waals surface area contributed by atoms with Crippen LogP contribution in [0.1, 0.15) is 0 Å². The lowest BCUT2D eigenvalue weighted by molar-refractivity contribution is 1.44. The summed E-state index contributed by atoms with van der Waals surface area (Å²) in [5, 5.41) is 4.30. The minimum atomic E-state index is -2.46. The highest BCUT2D eigenvalue weighted by Crippen LogP contribution is 2.24. The maximum absolute atomic E-state index is 2.83. The molecule has 0 spiro atoms. The highest BCUT2D eigenvalue weighted by Gasteiger charge is 2.46. The highest BCUT2D eigenvalue weighted by atomic mass is 28.4. The van der Waals surface area contributed by atoms with Crippen molar-refractivity contribution in [1.82, 2.24) is 0 Å². The van der Waals surface area contributed by atoms with Crippen molar-refractivity contribution in [2.45, 2.75) is 13.1 Å². The van der Waals surface area contributed by atoms with Gasteiger partial charge in [-0.2, -0.15) is 0 Å². The molecule has 144 valence electrons. The van der Waals surface area contributed by atoms with Gasteiger partial charge in [0.05, 0.1) is 0 Å². The fourth-order valence-corrected chi connectivity index (χ4v) is 14.0. The van der Waals surface area contributed by atoms with Crippen LogP contribution in [-0.4, -0.2) is 17.2 Å². The molecule has 3 heteroatoms. The molecule has 4 rings (SSSR count). The van der Waals surface area contributed by atoms with Gasteiger partial charge in [-0.3, -0.25) is 0 Å². The summed E-state index contributed by atoms with van der Waals surface area (Å²) in [5.41, 5.74) is 1.33. The molecule has 0 heterocycles. The van der Waals surface area contributed by atoms with Crippen LogP contribution in [0.5, 0.6) is 0 Å². The Balaban J connectivity index is 2.13. The van der Waals surface area contributed by atoms with E-state index in [1.807, 2.05) is 0 Å². The van der Waals surface area contributed by atoms with Gasteiger partial charge in [-0.25, -0.2) is 0 Å². The number of nitrogens with zero attached hydrogens (tertiary/aromatic N) is 1. The van der Waals surface area contributed by atoms with Gasteiger partial charge in [-0.15, -0.1) is 0 Å². The fraction of sp³-hybridized carbons (Fsp3) is 0.0769. The molecule has 0 aliphatic carbocycles. The number of rotatable bonds is 6. The first-order valence-corrected chi connectivity index (χ1v) is 15.0. The van der Waals surface area contributed by atoms with Crippen LogP contribution in [0.4, 0.5) is 5.69 Å². The van der Waals surface area contributed by atoms with Crippen molar-refractivity contribution >= 4 is 38.4 Å². The highest BCUT2D eigenvalue weighted by molar-refractivity contribution is 7.18. The van der Waals surface area contributed by atoms with E-state index in [1.165, 1.54) is 21.2 Å². The van der Waals surface area contributed by atoms with Crippen LogP contribution < -0.4 is 19.8 Å². The van der Waals surface area contributed by atoms with E-state index in [-0.39, 0.29) is 0 Å². The third kappa shape index (κ3) is 3.59. The van der Waals surface area contributed by atoms with E-state index in [0.717, 1.165) is 0 Å². The van der Waals surface area contributed by atoms with Gasteiger partial charge in [0.25, 0.3) is 0 Å². The first-order valence-electron chi connectivity index (χ1n) is 10.3. The maximum Gasteiger partial charge on any atom is 0.244 e. The van der Waals surface area contributed by atoms with Gasteiger partial charge in [0.1, 0.15) is 8.96 Å². The van der Waals surface area contributed by atoms with E-state index in [1.54, 1.807) is 0 Å². The van der Waals surface area contributed by atoms with Gasteiger partial charge in [0, 0.05) is 5.69 Å². The van der Waals surface area contributed by atoms with Gasteiger partial charge in [-0.05, 0) is 27.7 Å². The molecule has 0 bridgehead atoms. The molecule has 1 nitrogen and oxygen atoms in total. The Hall–Kier alpha value is -2.89. The summed E-state index contributed by atoms with van der Waals surface area (Å²) in [6.07, 6.45) is 0. The SMILES string of the molecule is C[SiH](C)N(c1ccccc1)[Si](c1ccccc1)(c1ccccc1)c1ccccc1. The van der Waals surface area contributed by atoms with E-state index in [9.17, 15) is 0 Å². The summed E-state index contributed by atoms with van der Waals surface area (Å²) in [4.78, 5) is 0. The van der Waals surface area contributed by atoms with E-state index < -0.39 is 17.2 Å². The average Bonchev–Trinajstić information content (AvgIpc) is 2.79. The summed E-state index contributed by atoms with van der Waals surface area (Å²) in [6, 6.07) is 44.5. The van der Waals surface area contributed by atoms with Crippen LogP contribution in [0.2, 0.25) is 13.1 Å². The number of benzene rings is 4. The molecule has 29 heavy (non-hydrogen) atoms. The van der Waals surface area contributed by atoms with Crippen molar-refractivity contribution in [1.29, 1.82) is 0 Å². The van der Waals surface area contributed by atoms with E-state index in [4.69, 9.17) is 0 Å². The third-order valence-corrected chi connectivity index (χ3v) is 14.0. The Morgan fingerprint density at radius 2 is 0.793 bits per heavy atom. The Labute approximate surface area is 177 Å². The predicted octanol–water partition coefficient (Wildman–Crippen LogP) is 4.14. The fourth-order valence-electron chi connectivity index (χ4n) is 4.42. The predicted molar refractivity (Wildman–Crippen MR) is 132 cm³/mol. The molecule has 0 saturated carbocycles. The molecule has 0 aromatic heterocycles. The second-order valence-electron chi connectivity index (χ2n) is 7.61. The Morgan fingerprint density at radius 3 is 1.10 bits per heavy atom. The number of anilines is 1. The quantitative estimate of drug-likeness (QED) is 0.342. The summed E-state index contributed by atoms with van der Waals surface area (Å²) in [7, 11) is -3.71. The van der Waals surface area contributed by atoms with E-state index >= 15 is 0 Å². The maximum atomic E-state index is 2.83. The second-order valence-corrected chi connectivity index (χ2v) is 14.5. The molecule has 0 atom stereocenters. The van der Waals surface area contributed by atoms with Crippen molar-refractivity contribution < 1.29 is 0 Å². The van der Waals surface area contributed by atoms with Crippen molar-refractivity contribution in [3.8, 4) is 0 Å². The number of para-hydroxylation sites is 1. The first kappa shape index (κ1) is 19.4. The molecule has 0 unspecified atom stereocenters. The van der Waals surface area contributed by atoms with Crippen LogP contribution >= 0.6 is 0 Å². The number of hydrogen-bond acceptors (Lipinski definition) is 1. The molecule has 0 fully saturated rings. The molecule has 4 aromatic carbocycles. The van der Waals surface area contributed by atoms with Crippen molar-refractivity contribution in [2.24, 2.45) is 0 Å². The summed E-state index contributed by atoms with van der Waals surface area (Å²) in [5.74, 6) is 0. The zero-order chi connectivity index (χ0) is 20.1. The van der Waals surface area contributed by atoms with Gasteiger partial charge in [0.15, 0.2) is 0 Å². The third-order valence-electron chi connectivity index (χ3n) is 5.49. The van der Waals surface area contributed by atoms with Gasteiger partial charge >= 0.3 is 0 Å². The zero-order valence-corrected chi connectivity index (χ0v) is 19.2. The van der Waals surface area contributed by atoms with Gasteiger partial charge in [0.2, 0.25) is 8.24 Å². The van der Waals surface area contributed by atoms with Gasteiger partial charge < -0.3 is 4.23 Å². The Morgan fingerprint density at radius 1 is 0.483 bits per heavy atom. The topological polar surface area (TPSA) is 3.24 Å². The Kier molecular flexibility index (Phi) is 5.79. The van der Waals surface area contributed by atoms with E-state index in [0.29, 0.717) is 0 Å². The molecule has 0 aliphatic heterocycles. The smallest absolute Gasteiger partial charge is 0.244 e. The minimum absolute atomic E-state index is 1.25. The van der Waals surface area contributed by atoms with Crippen molar-refractivity contribution in [3.05, 3.63) is 121 Å². The monoisotopic (exact) mass is 409 g/mol. The minimum Gasteiger partial charge on any atom is -0.417 e. The zero-order valence-electron chi connectivity index (χ0n) is 17.1. The van der Waals surface area contributed by atoms with Gasteiger partial charge in [-0.1, -0.05) is 122 Å². The standard InChI is InChI=1S/C26H27NSi2/c1-28(2)27(23-15-7-3-8-16-23)29(24-17-9-4-10-18-24,25-19-11-5-12-20-25)26-21-13-6-14-22-26/h3-22,28H,1-2H3. The number of hydrogen-bond donors (Lipinski definition) is 0. The normalized spacial score (nSPS) is 11.4. The van der Waals surface area contributed by atoms with Crippen LogP contribution in [0.15, 0.2) is 121 Å². The molecule has 0 N–H and O–H groups in total. The van der Waals surface area contributed by atoms with Crippen LogP contribution in [0.25, 0.3) is 0 Å². The van der Waals surface area contributed by atoms with Crippen LogP contribution in [0, 0.1) is 0 Å². The van der Waals surface area contributed by atoms with Crippen LogP contribution in [-0.2, 0) is 0 Å². The first-order chi connectivity index (χ1) is 14.2. The molecule has 0 aliphatic rings. The molecule has 0 saturated heterocycles. The summed E-state index contributed by atoms with van der Waals surface area (Å²) in [6.45, 7) is 4.90. The lowest BCUT2D eigenvalue weighted by Gasteiger charge is -2.47. The molecule has 4 aromatic rings. The molecular formula is C26H27NSi2. The van der Waals surface area contributed by atoms with Crippen molar-refractivity contribution in [2.75, 3.05) is 4.23 Å². The lowest BCUT2D eigenvalue weighted by Crippen LogP contribution is -2.79. The average molecular weight is 410 g/mol. The summed E-state index contributed by atoms with van der Waals surface area (Å²) < 4.78 is 2.83. The summed E-state index contributed by atoms with van der Waals surface area (Å²) >= 11 is 0. The van der Waals surface area contributed by atoms with Crippen molar-refractivity contribution in [3.63, 3.8) is 0 Å². The molecular weight excluding hydrogens is 382 g/mol. The molecule has 0 radical (unpaired) electrons. The lowest BCUT2D eigenvalue weighted by atomic mass is 10.3. The molecule has 0 amide bonds. The Bertz CT molecular complexity index is 923.